The molecule has 0 saturated heterocycles. The summed E-state index contributed by atoms with van der Waals surface area (Å²) in [6.45, 7) is 0. The number of carbonyl (C=O) groups excluding carboxylic acids is 2. The Morgan fingerprint density at radius 2 is 1.58 bits per heavy atom. The number of amides is 1. The third-order valence-corrected chi connectivity index (χ3v) is 6.18. The number of hydrazine groups is 1. The number of nitrogens with zero attached hydrogens (tertiary/aromatic N) is 2. The molecule has 2 aliphatic rings. The molecule has 1 amide bonds. The summed E-state index contributed by atoms with van der Waals surface area (Å²) in [5.74, 6) is 1.08. The van der Waals surface area contributed by atoms with E-state index in [0.29, 0.717) is 24.3 Å². The van der Waals surface area contributed by atoms with Crippen LogP contribution in [0.2, 0.25) is 0 Å². The van der Waals surface area contributed by atoms with Crippen molar-refractivity contribution in [3.8, 4) is 11.5 Å². The zero-order valence-electron chi connectivity index (χ0n) is 18.4. The Labute approximate surface area is 183 Å². The number of rotatable bonds is 5. The molecular weight excluding hydrogens is 392 g/mol. The van der Waals surface area contributed by atoms with E-state index >= 15 is 0 Å². The van der Waals surface area contributed by atoms with Gasteiger partial charge in [-0.25, -0.2) is 10.0 Å². The minimum Gasteiger partial charge on any atom is -0.493 e. The lowest BCUT2D eigenvalue weighted by molar-refractivity contribution is -0.143. The molecule has 6 heteroatoms. The standard InChI is InChI=1S/C25H28N2O4/c1-26(2)27-20-12-18(16-8-6-5-7-9-16)13-21(28)25(20)19(15-24(27)29)17-10-11-22(30-3)23(14-17)31-4/h5-11,14,18-19H,12-13,15H2,1-4H3/t18-,19+/m0/s1. The molecular formula is C25H28N2O4. The maximum atomic E-state index is 13.5. The average Bonchev–Trinajstić information content (AvgIpc) is 2.78. The van der Waals surface area contributed by atoms with Gasteiger partial charge in [-0.15, -0.1) is 0 Å². The lowest BCUT2D eigenvalue weighted by Gasteiger charge is -2.42. The van der Waals surface area contributed by atoms with Crippen molar-refractivity contribution >= 4 is 11.7 Å². The van der Waals surface area contributed by atoms with Crippen molar-refractivity contribution in [1.29, 1.82) is 0 Å². The quantitative estimate of drug-likeness (QED) is 0.734. The normalized spacial score (nSPS) is 21.4. The minimum absolute atomic E-state index is 0.00922. The van der Waals surface area contributed by atoms with Gasteiger partial charge in [-0.05, 0) is 35.6 Å². The van der Waals surface area contributed by atoms with E-state index < -0.39 is 0 Å². The van der Waals surface area contributed by atoms with Gasteiger partial charge in [-0.3, -0.25) is 9.59 Å². The number of ketones is 1. The fourth-order valence-corrected chi connectivity index (χ4v) is 4.80. The molecule has 2 aromatic rings. The molecule has 0 unspecified atom stereocenters. The number of benzene rings is 2. The van der Waals surface area contributed by atoms with E-state index in [0.717, 1.165) is 22.4 Å². The Bertz CT molecular complexity index is 1030. The van der Waals surface area contributed by atoms with Crippen LogP contribution < -0.4 is 9.47 Å². The third-order valence-electron chi connectivity index (χ3n) is 6.18. The number of allylic oxidation sites excluding steroid dienone is 2. The van der Waals surface area contributed by atoms with Crippen LogP contribution in [0.25, 0.3) is 0 Å². The number of methoxy groups -OCH3 is 2. The fourth-order valence-electron chi connectivity index (χ4n) is 4.80. The summed E-state index contributed by atoms with van der Waals surface area (Å²) in [7, 11) is 6.86. The van der Waals surface area contributed by atoms with Crippen molar-refractivity contribution in [1.82, 2.24) is 10.0 Å². The van der Waals surface area contributed by atoms with Gasteiger partial charge in [0.15, 0.2) is 17.3 Å². The topological polar surface area (TPSA) is 59.1 Å². The highest BCUT2D eigenvalue weighted by atomic mass is 16.5. The number of hydrogen-bond acceptors (Lipinski definition) is 5. The average molecular weight is 421 g/mol. The van der Waals surface area contributed by atoms with E-state index in [1.807, 2.05) is 50.5 Å². The van der Waals surface area contributed by atoms with Gasteiger partial charge < -0.3 is 9.47 Å². The molecule has 1 heterocycles. The summed E-state index contributed by atoms with van der Waals surface area (Å²) in [5, 5.41) is 3.46. The second kappa shape index (κ2) is 8.55. The summed E-state index contributed by atoms with van der Waals surface area (Å²) in [6, 6.07) is 15.7. The molecule has 0 fully saturated rings. The van der Waals surface area contributed by atoms with Gasteiger partial charge in [0.25, 0.3) is 0 Å². The van der Waals surface area contributed by atoms with Crippen molar-refractivity contribution in [3.05, 3.63) is 70.9 Å². The first-order valence-electron chi connectivity index (χ1n) is 10.5. The summed E-state index contributed by atoms with van der Waals surface area (Å²) in [4.78, 5) is 26.7. The molecule has 6 nitrogen and oxygen atoms in total. The van der Waals surface area contributed by atoms with Gasteiger partial charge in [-0.1, -0.05) is 36.4 Å². The van der Waals surface area contributed by atoms with Gasteiger partial charge in [0, 0.05) is 44.1 Å². The first kappa shape index (κ1) is 21.1. The Morgan fingerprint density at radius 1 is 0.871 bits per heavy atom. The van der Waals surface area contributed by atoms with Crippen LogP contribution >= 0.6 is 0 Å². The van der Waals surface area contributed by atoms with E-state index in [9.17, 15) is 9.59 Å². The molecule has 4 rings (SSSR count). The maximum Gasteiger partial charge on any atom is 0.242 e. The highest BCUT2D eigenvalue weighted by molar-refractivity contribution is 6.02. The molecule has 31 heavy (non-hydrogen) atoms. The van der Waals surface area contributed by atoms with Crippen LogP contribution in [-0.2, 0) is 9.59 Å². The van der Waals surface area contributed by atoms with E-state index in [2.05, 4.69) is 12.1 Å². The van der Waals surface area contributed by atoms with Crippen LogP contribution in [0.5, 0.6) is 11.5 Å². The Morgan fingerprint density at radius 3 is 2.23 bits per heavy atom. The maximum absolute atomic E-state index is 13.5. The smallest absolute Gasteiger partial charge is 0.242 e. The van der Waals surface area contributed by atoms with Gasteiger partial charge in [0.2, 0.25) is 5.91 Å². The number of carbonyl (C=O) groups is 2. The first-order chi connectivity index (χ1) is 14.9. The van der Waals surface area contributed by atoms with Crippen molar-refractivity contribution < 1.29 is 19.1 Å². The van der Waals surface area contributed by atoms with Gasteiger partial charge in [0.05, 0.1) is 14.2 Å². The predicted octanol–water partition coefficient (Wildman–Crippen LogP) is 3.90. The van der Waals surface area contributed by atoms with E-state index in [1.54, 1.807) is 24.2 Å². The van der Waals surface area contributed by atoms with Gasteiger partial charge in [-0.2, -0.15) is 0 Å². The zero-order valence-corrected chi connectivity index (χ0v) is 18.4. The van der Waals surface area contributed by atoms with Crippen molar-refractivity contribution in [2.24, 2.45) is 0 Å². The molecule has 2 atom stereocenters. The third kappa shape index (κ3) is 3.83. The molecule has 0 aromatic heterocycles. The molecule has 0 N–H and O–H groups in total. The van der Waals surface area contributed by atoms with E-state index in [-0.39, 0.29) is 29.9 Å². The minimum atomic E-state index is -0.289. The van der Waals surface area contributed by atoms with Crippen LogP contribution in [0.4, 0.5) is 0 Å². The largest absolute Gasteiger partial charge is 0.493 e. The molecule has 162 valence electrons. The van der Waals surface area contributed by atoms with Gasteiger partial charge >= 0.3 is 0 Å². The second-order valence-corrected chi connectivity index (χ2v) is 8.22. The van der Waals surface area contributed by atoms with Gasteiger partial charge in [0.1, 0.15) is 0 Å². The molecule has 0 radical (unpaired) electrons. The van der Waals surface area contributed by atoms with Crippen molar-refractivity contribution in [3.63, 3.8) is 0 Å². The molecule has 1 aliphatic carbocycles. The number of hydrogen-bond donors (Lipinski definition) is 0. The van der Waals surface area contributed by atoms with Crippen LogP contribution in [0.1, 0.15) is 42.2 Å². The van der Waals surface area contributed by atoms with Crippen LogP contribution in [0.3, 0.4) is 0 Å². The summed E-state index contributed by atoms with van der Waals surface area (Å²) in [6.07, 6.45) is 1.34. The molecule has 0 bridgehead atoms. The Kier molecular flexibility index (Phi) is 5.83. The number of ether oxygens (including phenoxy) is 2. The van der Waals surface area contributed by atoms with Crippen LogP contribution in [0, 0.1) is 0 Å². The molecule has 0 saturated carbocycles. The van der Waals surface area contributed by atoms with E-state index in [4.69, 9.17) is 9.47 Å². The van der Waals surface area contributed by atoms with Crippen LogP contribution in [0.15, 0.2) is 59.8 Å². The highest BCUT2D eigenvalue weighted by Crippen LogP contribution is 2.46. The molecule has 2 aromatic carbocycles. The fraction of sp³-hybridized carbons (Fsp3) is 0.360. The lowest BCUT2D eigenvalue weighted by Crippen LogP contribution is -2.47. The number of Topliss-reactive ketones (excluding diaryl/α,β-unsaturated/α-hetero) is 1. The monoisotopic (exact) mass is 420 g/mol. The zero-order chi connectivity index (χ0) is 22.1. The first-order valence-corrected chi connectivity index (χ1v) is 10.5. The molecule has 1 aliphatic heterocycles. The van der Waals surface area contributed by atoms with E-state index in [1.165, 1.54) is 0 Å². The second-order valence-electron chi connectivity index (χ2n) is 8.22. The van der Waals surface area contributed by atoms with Crippen molar-refractivity contribution in [2.45, 2.75) is 31.1 Å². The van der Waals surface area contributed by atoms with Crippen molar-refractivity contribution in [2.75, 3.05) is 28.3 Å². The summed E-state index contributed by atoms with van der Waals surface area (Å²) >= 11 is 0. The Balaban J connectivity index is 1.81. The highest BCUT2D eigenvalue weighted by Gasteiger charge is 2.42. The summed E-state index contributed by atoms with van der Waals surface area (Å²) < 4.78 is 10.8. The SMILES string of the molecule is COc1ccc([C@H]2CC(=O)N(N(C)C)C3=C2C(=O)C[C@@H](c2ccccc2)C3)cc1OC. The van der Waals surface area contributed by atoms with Crippen LogP contribution in [-0.4, -0.2) is 50.0 Å². The lowest BCUT2D eigenvalue weighted by atomic mass is 9.73. The predicted molar refractivity (Wildman–Crippen MR) is 118 cm³/mol. The Hall–Kier alpha value is -3.12. The summed E-state index contributed by atoms with van der Waals surface area (Å²) in [5.41, 5.74) is 3.57. The molecule has 0 spiro atoms.